The lowest BCUT2D eigenvalue weighted by atomic mass is 9.76. The molecule has 1 amide bonds. The van der Waals surface area contributed by atoms with Crippen LogP contribution in [0.1, 0.15) is 48.4 Å². The van der Waals surface area contributed by atoms with Gasteiger partial charge in [-0.15, -0.1) is 0 Å². The SMILES string of the molecule is CNC(=O)c1cncc(B2OC(C)(C)C(C)(C)O2)c1C=O. The third-order valence-corrected chi connectivity index (χ3v) is 4.12. The number of hydrogen-bond donors (Lipinski definition) is 1. The molecular formula is C14H19BN2O4. The van der Waals surface area contributed by atoms with Crippen LogP contribution in [0.4, 0.5) is 0 Å². The number of nitrogens with zero attached hydrogens (tertiary/aromatic N) is 1. The van der Waals surface area contributed by atoms with Gasteiger partial charge in [0.15, 0.2) is 6.29 Å². The molecule has 21 heavy (non-hydrogen) atoms. The van der Waals surface area contributed by atoms with Gasteiger partial charge >= 0.3 is 7.12 Å². The normalized spacial score (nSPS) is 19.4. The third-order valence-electron chi connectivity index (χ3n) is 4.12. The van der Waals surface area contributed by atoms with E-state index in [2.05, 4.69) is 10.3 Å². The first-order valence-corrected chi connectivity index (χ1v) is 6.74. The van der Waals surface area contributed by atoms with Crippen molar-refractivity contribution in [2.75, 3.05) is 7.05 Å². The van der Waals surface area contributed by atoms with Crippen LogP contribution in [0.15, 0.2) is 12.4 Å². The van der Waals surface area contributed by atoms with E-state index in [1.54, 1.807) is 0 Å². The molecule has 1 aliphatic rings. The minimum Gasteiger partial charge on any atom is -0.399 e. The second-order valence-electron chi connectivity index (χ2n) is 5.98. The molecule has 1 aromatic rings. The van der Waals surface area contributed by atoms with Gasteiger partial charge in [0.25, 0.3) is 5.91 Å². The minimum atomic E-state index is -0.729. The maximum atomic E-state index is 11.8. The van der Waals surface area contributed by atoms with Crippen molar-refractivity contribution in [2.24, 2.45) is 0 Å². The van der Waals surface area contributed by atoms with Crippen LogP contribution in [0, 0.1) is 0 Å². The highest BCUT2D eigenvalue weighted by atomic mass is 16.7. The van der Waals surface area contributed by atoms with E-state index in [0.29, 0.717) is 11.7 Å². The van der Waals surface area contributed by atoms with E-state index in [1.165, 1.54) is 19.4 Å². The topological polar surface area (TPSA) is 77.5 Å². The number of aromatic nitrogens is 1. The summed E-state index contributed by atoms with van der Waals surface area (Å²) in [5, 5.41) is 2.49. The van der Waals surface area contributed by atoms with Gasteiger partial charge in [-0.25, -0.2) is 0 Å². The highest BCUT2D eigenvalue weighted by Crippen LogP contribution is 2.36. The average molecular weight is 290 g/mol. The van der Waals surface area contributed by atoms with Crippen LogP contribution < -0.4 is 10.8 Å². The molecule has 1 fully saturated rings. The second kappa shape index (κ2) is 5.24. The maximum Gasteiger partial charge on any atom is 0.497 e. The van der Waals surface area contributed by atoms with Crippen molar-refractivity contribution in [1.82, 2.24) is 10.3 Å². The molecule has 1 aliphatic heterocycles. The van der Waals surface area contributed by atoms with Gasteiger partial charge in [0.05, 0.1) is 16.8 Å². The lowest BCUT2D eigenvalue weighted by Gasteiger charge is -2.32. The van der Waals surface area contributed by atoms with Gasteiger partial charge in [0, 0.05) is 30.5 Å². The van der Waals surface area contributed by atoms with Crippen LogP contribution in [0.3, 0.4) is 0 Å². The Bertz CT molecular complexity index is 570. The van der Waals surface area contributed by atoms with Crippen LogP contribution in [0.25, 0.3) is 0 Å². The molecule has 1 aromatic heterocycles. The summed E-state index contributed by atoms with van der Waals surface area (Å²) in [6.07, 6.45) is 3.49. The molecule has 1 N–H and O–H groups in total. The van der Waals surface area contributed by atoms with Crippen LogP contribution in [-0.4, -0.2) is 42.5 Å². The lowest BCUT2D eigenvalue weighted by Crippen LogP contribution is -2.41. The summed E-state index contributed by atoms with van der Waals surface area (Å²) in [5.41, 5.74) is -0.144. The molecule has 0 atom stereocenters. The average Bonchev–Trinajstić information content (AvgIpc) is 2.65. The summed E-state index contributed by atoms with van der Waals surface area (Å²) in [4.78, 5) is 27.3. The van der Waals surface area contributed by atoms with Gasteiger partial charge in [0.2, 0.25) is 0 Å². The first-order chi connectivity index (χ1) is 9.73. The minimum absolute atomic E-state index is 0.208. The Kier molecular flexibility index (Phi) is 3.90. The molecule has 0 bridgehead atoms. The zero-order valence-corrected chi connectivity index (χ0v) is 12.9. The van der Waals surface area contributed by atoms with Gasteiger partial charge in [-0.05, 0) is 27.7 Å². The maximum absolute atomic E-state index is 11.8. The van der Waals surface area contributed by atoms with Crippen LogP contribution in [0.5, 0.6) is 0 Å². The summed E-state index contributed by atoms with van der Waals surface area (Å²) in [7, 11) is 0.769. The largest absolute Gasteiger partial charge is 0.497 e. The summed E-state index contributed by atoms with van der Waals surface area (Å²) < 4.78 is 11.8. The monoisotopic (exact) mass is 290 g/mol. The highest BCUT2D eigenvalue weighted by Gasteiger charge is 2.52. The van der Waals surface area contributed by atoms with Gasteiger partial charge < -0.3 is 14.6 Å². The van der Waals surface area contributed by atoms with Crippen LogP contribution in [-0.2, 0) is 9.31 Å². The van der Waals surface area contributed by atoms with Crippen molar-refractivity contribution in [2.45, 2.75) is 38.9 Å². The van der Waals surface area contributed by atoms with Crippen LogP contribution >= 0.6 is 0 Å². The Morgan fingerprint density at radius 1 is 1.24 bits per heavy atom. The highest BCUT2D eigenvalue weighted by molar-refractivity contribution is 6.63. The molecular weight excluding hydrogens is 271 g/mol. The fourth-order valence-corrected chi connectivity index (χ4v) is 2.09. The van der Waals surface area contributed by atoms with Gasteiger partial charge in [-0.3, -0.25) is 14.6 Å². The number of pyridine rings is 1. The van der Waals surface area contributed by atoms with Crippen molar-refractivity contribution in [3.63, 3.8) is 0 Å². The Labute approximate surface area is 124 Å². The number of carbonyl (C=O) groups excluding carboxylic acids is 2. The molecule has 6 nitrogen and oxygen atoms in total. The predicted octanol–water partition coefficient (Wildman–Crippen LogP) is 0.553. The van der Waals surface area contributed by atoms with Gasteiger partial charge in [-0.1, -0.05) is 0 Å². The van der Waals surface area contributed by atoms with E-state index < -0.39 is 18.3 Å². The summed E-state index contributed by atoms with van der Waals surface area (Å²) in [6.45, 7) is 7.68. The van der Waals surface area contributed by atoms with Crippen molar-refractivity contribution >= 4 is 24.8 Å². The molecule has 7 heteroatoms. The molecule has 2 rings (SSSR count). The van der Waals surface area contributed by atoms with Gasteiger partial charge in [-0.2, -0.15) is 0 Å². The van der Waals surface area contributed by atoms with Gasteiger partial charge in [0.1, 0.15) is 0 Å². The molecule has 2 heterocycles. The van der Waals surface area contributed by atoms with Crippen molar-refractivity contribution < 1.29 is 18.9 Å². The Morgan fingerprint density at radius 2 is 1.81 bits per heavy atom. The Balaban J connectivity index is 2.47. The third kappa shape index (κ3) is 2.58. The zero-order valence-electron chi connectivity index (χ0n) is 12.9. The number of carbonyl (C=O) groups is 2. The zero-order chi connectivity index (χ0) is 15.8. The van der Waals surface area contributed by atoms with E-state index in [0.717, 1.165) is 0 Å². The number of aldehydes is 1. The lowest BCUT2D eigenvalue weighted by molar-refractivity contribution is 0.00578. The standard InChI is InChI=1S/C14H19BN2O4/c1-13(2)14(3,4)21-15(20-13)11-7-17-6-9(10(11)8-18)12(19)16-5/h6-8H,1-5H3,(H,16,19). The number of amides is 1. The first kappa shape index (κ1) is 15.7. The van der Waals surface area contributed by atoms with Crippen molar-refractivity contribution in [3.8, 4) is 0 Å². The summed E-state index contributed by atoms with van der Waals surface area (Å²) in [6, 6.07) is 0. The molecule has 0 spiro atoms. The molecule has 0 saturated carbocycles. The number of nitrogens with one attached hydrogen (secondary N) is 1. The molecule has 0 aliphatic carbocycles. The molecule has 0 radical (unpaired) electrons. The van der Waals surface area contributed by atoms with E-state index in [4.69, 9.17) is 9.31 Å². The Hall–Kier alpha value is -1.73. The quantitative estimate of drug-likeness (QED) is 0.650. The molecule has 1 saturated heterocycles. The van der Waals surface area contributed by atoms with E-state index in [1.807, 2.05) is 27.7 Å². The second-order valence-corrected chi connectivity index (χ2v) is 5.98. The number of rotatable bonds is 3. The predicted molar refractivity (Wildman–Crippen MR) is 78.7 cm³/mol. The first-order valence-electron chi connectivity index (χ1n) is 6.74. The molecule has 112 valence electrons. The fourth-order valence-electron chi connectivity index (χ4n) is 2.09. The fraction of sp³-hybridized carbons (Fsp3) is 0.500. The molecule has 0 aromatic carbocycles. The summed E-state index contributed by atoms with van der Waals surface area (Å²) in [5.74, 6) is -0.372. The van der Waals surface area contributed by atoms with Crippen LogP contribution in [0.2, 0.25) is 0 Å². The molecule has 0 unspecified atom stereocenters. The smallest absolute Gasteiger partial charge is 0.399 e. The number of hydrogen-bond acceptors (Lipinski definition) is 5. The Morgan fingerprint density at radius 3 is 2.29 bits per heavy atom. The summed E-state index contributed by atoms with van der Waals surface area (Å²) >= 11 is 0. The van der Waals surface area contributed by atoms with Crippen molar-refractivity contribution in [1.29, 1.82) is 0 Å². The van der Waals surface area contributed by atoms with E-state index >= 15 is 0 Å². The van der Waals surface area contributed by atoms with E-state index in [-0.39, 0.29) is 17.0 Å². The van der Waals surface area contributed by atoms with E-state index in [9.17, 15) is 9.59 Å². The van der Waals surface area contributed by atoms with Crippen molar-refractivity contribution in [3.05, 3.63) is 23.5 Å².